The van der Waals surface area contributed by atoms with Gasteiger partial charge in [0.25, 0.3) is 0 Å². The van der Waals surface area contributed by atoms with E-state index in [1.807, 2.05) is 13.8 Å². The van der Waals surface area contributed by atoms with Crippen LogP contribution in [0.25, 0.3) is 0 Å². The maximum absolute atomic E-state index is 14.7. The summed E-state index contributed by atoms with van der Waals surface area (Å²) in [7, 11) is 0. The number of hydrogen-bond donors (Lipinski definition) is 4. The first-order chi connectivity index (χ1) is 27.0. The SMILES string of the molecule is CCCCCCCCCC(=O)O[C@@H](C(=O)O[C@H]1C[C@@]2(O)[C@@H](C)C3[C@]4(C)CO[C@@H]4C[C@H](O)[C@@]3(C)C(=O)[C@H](O)C(=C1C)C2(C)C)[C@@H](NC(=O)OC(C)(C)C)c1ccccc1. The first-order valence-electron chi connectivity index (χ1n) is 21.4. The lowest BCUT2D eigenvalue weighted by Gasteiger charge is -2.68. The van der Waals surface area contributed by atoms with Gasteiger partial charge in [0.1, 0.15) is 23.9 Å². The molecule has 1 aliphatic heterocycles. The number of aliphatic hydroxyl groups excluding tert-OH is 2. The minimum atomic E-state index is -1.72. The molecule has 1 aromatic carbocycles. The maximum atomic E-state index is 14.7. The van der Waals surface area contributed by atoms with Crippen molar-refractivity contribution in [2.45, 2.75) is 181 Å². The van der Waals surface area contributed by atoms with E-state index in [0.29, 0.717) is 24.2 Å². The van der Waals surface area contributed by atoms with Gasteiger partial charge in [-0.1, -0.05) is 103 Å². The molecule has 4 aliphatic rings. The Labute approximate surface area is 344 Å². The number of hydrogen-bond acceptors (Lipinski definition) is 11. The lowest BCUT2D eigenvalue weighted by Crippen LogP contribution is -2.75. The van der Waals surface area contributed by atoms with E-state index in [2.05, 4.69) is 12.2 Å². The number of alkyl carbamates (subject to hydrolysis) is 1. The molecule has 11 atom stereocenters. The van der Waals surface area contributed by atoms with Gasteiger partial charge in [-0.3, -0.25) is 9.59 Å². The quantitative estimate of drug-likeness (QED) is 0.0654. The number of fused-ring (bicyclic) bond motifs is 5. The van der Waals surface area contributed by atoms with Crippen molar-refractivity contribution in [2.24, 2.45) is 28.1 Å². The molecule has 2 bridgehead atoms. The summed E-state index contributed by atoms with van der Waals surface area (Å²) in [5, 5.41) is 39.6. The van der Waals surface area contributed by atoms with Crippen LogP contribution in [-0.2, 0) is 33.3 Å². The number of unbranched alkanes of at least 4 members (excludes halogenated alkanes) is 6. The number of rotatable bonds is 14. The highest BCUT2D eigenvalue weighted by Crippen LogP contribution is 2.66. The van der Waals surface area contributed by atoms with E-state index in [1.165, 1.54) is 0 Å². The Balaban J connectivity index is 1.52. The first-order valence-corrected chi connectivity index (χ1v) is 21.4. The van der Waals surface area contributed by atoms with Gasteiger partial charge in [0.2, 0.25) is 6.10 Å². The van der Waals surface area contributed by atoms with E-state index in [1.54, 1.807) is 78.8 Å². The second-order valence-electron chi connectivity index (χ2n) is 19.5. The number of Topliss-reactive ketones (excluding diaryl/α,β-unsaturated/α-hetero) is 1. The fourth-order valence-electron chi connectivity index (χ4n) is 10.9. The Bertz CT molecular complexity index is 1700. The third-order valence-corrected chi connectivity index (χ3v) is 14.2. The van der Waals surface area contributed by atoms with Crippen molar-refractivity contribution in [1.29, 1.82) is 0 Å². The van der Waals surface area contributed by atoms with E-state index in [0.717, 1.165) is 38.5 Å². The molecule has 0 aromatic heterocycles. The molecule has 0 spiro atoms. The molecule has 58 heavy (non-hydrogen) atoms. The molecule has 1 saturated heterocycles. The molecule has 1 amide bonds. The van der Waals surface area contributed by atoms with Crippen molar-refractivity contribution in [3.05, 3.63) is 47.0 Å². The highest BCUT2D eigenvalue weighted by Gasteiger charge is 2.73. The summed E-state index contributed by atoms with van der Waals surface area (Å²) >= 11 is 0. The van der Waals surface area contributed by atoms with E-state index in [9.17, 15) is 34.5 Å². The third kappa shape index (κ3) is 8.50. The van der Waals surface area contributed by atoms with Gasteiger partial charge in [-0.2, -0.15) is 0 Å². The van der Waals surface area contributed by atoms with Crippen LogP contribution < -0.4 is 5.32 Å². The minimum Gasteiger partial charge on any atom is -0.455 e. The van der Waals surface area contributed by atoms with Crippen LogP contribution >= 0.6 is 0 Å². The van der Waals surface area contributed by atoms with Gasteiger partial charge in [-0.05, 0) is 69.6 Å². The maximum Gasteiger partial charge on any atom is 0.408 e. The fraction of sp³-hybridized carbons (Fsp3) is 0.739. The molecule has 12 heteroatoms. The summed E-state index contributed by atoms with van der Waals surface area (Å²) in [6.45, 7) is 18.4. The fourth-order valence-corrected chi connectivity index (χ4v) is 10.9. The standard InChI is InChI=1S/C46H69NO11/c1-11-12-13-14-15-16-20-23-33(49)57-37(35(29-21-18-17-19-22-29)47-41(53)58-42(4,5)6)40(52)56-30-25-46(54)28(3)38-44(9)26-55-32(44)24-31(48)45(38,10)39(51)36(50)34(27(30)2)43(46,7)8/h17-19,21-22,28,30-32,35-38,48,50,54H,11-16,20,23-26H2,1-10H3,(H,47,53)/t28-,30-,31-,32+,35-,36+,37+,38?,44+,45+,46+/m0/s1. The van der Waals surface area contributed by atoms with Gasteiger partial charge in [-0.15, -0.1) is 0 Å². The highest BCUT2D eigenvalue weighted by molar-refractivity contribution is 5.93. The smallest absolute Gasteiger partial charge is 0.408 e. The molecule has 1 heterocycles. The van der Waals surface area contributed by atoms with Crippen molar-refractivity contribution in [2.75, 3.05) is 6.61 Å². The van der Waals surface area contributed by atoms with Crippen LogP contribution in [0, 0.1) is 28.1 Å². The van der Waals surface area contributed by atoms with E-state index in [-0.39, 0.29) is 30.9 Å². The minimum absolute atomic E-state index is 0.0489. The third-order valence-electron chi connectivity index (χ3n) is 14.2. The Kier molecular flexibility index (Phi) is 13.7. The molecule has 12 nitrogen and oxygen atoms in total. The molecular weight excluding hydrogens is 743 g/mol. The zero-order chi connectivity index (χ0) is 43.0. The van der Waals surface area contributed by atoms with Crippen molar-refractivity contribution in [3.8, 4) is 0 Å². The normalized spacial score (nSPS) is 33.9. The monoisotopic (exact) mass is 811 g/mol. The van der Waals surface area contributed by atoms with Gasteiger partial charge in [0, 0.05) is 30.1 Å². The number of carbonyl (C=O) groups is 4. The van der Waals surface area contributed by atoms with Crippen molar-refractivity contribution in [3.63, 3.8) is 0 Å². The lowest BCUT2D eigenvalue weighted by molar-refractivity contribution is -0.302. The first kappa shape index (κ1) is 45.8. The molecule has 1 aromatic rings. The second kappa shape index (κ2) is 17.3. The average molecular weight is 812 g/mol. The van der Waals surface area contributed by atoms with Gasteiger partial charge in [0.15, 0.2) is 5.78 Å². The van der Waals surface area contributed by atoms with Crippen LogP contribution in [0.1, 0.15) is 145 Å². The number of nitrogens with one attached hydrogen (secondary N) is 1. The van der Waals surface area contributed by atoms with Crippen molar-refractivity contribution < 1.29 is 53.4 Å². The van der Waals surface area contributed by atoms with Gasteiger partial charge in [-0.25, -0.2) is 9.59 Å². The highest BCUT2D eigenvalue weighted by atomic mass is 16.6. The van der Waals surface area contributed by atoms with Crippen LogP contribution in [0.5, 0.6) is 0 Å². The Hall–Kier alpha value is -3.32. The van der Waals surface area contributed by atoms with Crippen LogP contribution in [0.2, 0.25) is 0 Å². The van der Waals surface area contributed by atoms with E-state index >= 15 is 0 Å². The predicted octanol–water partition coefficient (Wildman–Crippen LogP) is 7.07. The zero-order valence-electron chi connectivity index (χ0n) is 36.4. The van der Waals surface area contributed by atoms with Gasteiger partial charge in [0.05, 0.1) is 29.8 Å². The largest absolute Gasteiger partial charge is 0.455 e. The molecule has 5 rings (SSSR count). The summed E-state index contributed by atoms with van der Waals surface area (Å²) in [6, 6.07) is 7.41. The van der Waals surface area contributed by atoms with Gasteiger partial charge >= 0.3 is 18.0 Å². The van der Waals surface area contributed by atoms with Crippen molar-refractivity contribution >= 4 is 23.8 Å². The number of benzene rings is 1. The average Bonchev–Trinajstić information content (AvgIpc) is 3.14. The van der Waals surface area contributed by atoms with Crippen LogP contribution in [0.15, 0.2) is 41.5 Å². The molecule has 3 fully saturated rings. The zero-order valence-corrected chi connectivity index (χ0v) is 36.4. The molecule has 4 N–H and O–H groups in total. The van der Waals surface area contributed by atoms with Crippen molar-refractivity contribution in [1.82, 2.24) is 5.32 Å². The van der Waals surface area contributed by atoms with Crippen LogP contribution in [0.3, 0.4) is 0 Å². The summed E-state index contributed by atoms with van der Waals surface area (Å²) < 4.78 is 23.8. The molecule has 3 aliphatic carbocycles. The Morgan fingerprint density at radius 2 is 1.60 bits per heavy atom. The van der Waals surface area contributed by atoms with Crippen LogP contribution in [0.4, 0.5) is 4.79 Å². The Morgan fingerprint density at radius 1 is 0.983 bits per heavy atom. The molecule has 1 unspecified atom stereocenters. The van der Waals surface area contributed by atoms with Crippen LogP contribution in [-0.4, -0.2) is 87.5 Å². The molecule has 324 valence electrons. The van der Waals surface area contributed by atoms with E-state index < -0.39 is 93.6 Å². The number of amides is 1. The Morgan fingerprint density at radius 3 is 2.19 bits per heavy atom. The second-order valence-corrected chi connectivity index (χ2v) is 19.5. The number of ketones is 1. The molecular formula is C46H69NO11. The summed E-state index contributed by atoms with van der Waals surface area (Å²) in [5.41, 5.74) is -4.65. The predicted molar refractivity (Wildman–Crippen MR) is 217 cm³/mol. The number of esters is 2. The summed E-state index contributed by atoms with van der Waals surface area (Å²) in [4.78, 5) is 56.3. The number of aliphatic hydroxyl groups is 3. The number of ether oxygens (including phenoxy) is 4. The molecule has 0 radical (unpaired) electrons. The van der Waals surface area contributed by atoms with E-state index in [4.69, 9.17) is 18.9 Å². The summed E-state index contributed by atoms with van der Waals surface area (Å²) in [6.07, 6.45) is 0.163. The topological polar surface area (TPSA) is 178 Å². The summed E-state index contributed by atoms with van der Waals surface area (Å²) in [5.74, 6) is -3.43. The lowest BCUT2D eigenvalue weighted by atomic mass is 9.40. The van der Waals surface area contributed by atoms with Gasteiger partial charge < -0.3 is 39.6 Å². The number of carbonyl (C=O) groups excluding carboxylic acids is 4. The molecule has 2 saturated carbocycles.